The van der Waals surface area contributed by atoms with Crippen LogP contribution in [0.25, 0.3) is 0 Å². The fourth-order valence-corrected chi connectivity index (χ4v) is 4.15. The topological polar surface area (TPSA) is 112 Å². The molecule has 4 rings (SSSR count). The van der Waals surface area contributed by atoms with Crippen LogP contribution in [0.4, 0.5) is 4.79 Å². The quantitative estimate of drug-likeness (QED) is 0.642. The summed E-state index contributed by atoms with van der Waals surface area (Å²) in [6, 6.07) is 15.9. The summed E-state index contributed by atoms with van der Waals surface area (Å²) in [5.74, 6) is 0. The molecular formula is C26H32N4O2. The number of nitrogens with zero attached hydrogens (tertiary/aromatic N) is 2. The molecule has 0 spiro atoms. The fraction of sp³-hybridized carbons (Fsp3) is 0.423. The average molecular weight is 433 g/mol. The van der Waals surface area contributed by atoms with Gasteiger partial charge in [-0.05, 0) is 80.8 Å². The number of alkyl carbamates (subject to hydrolysis) is 1. The molecule has 0 aromatic heterocycles. The molecule has 0 saturated carbocycles. The van der Waals surface area contributed by atoms with Crippen molar-refractivity contribution in [2.24, 2.45) is 5.73 Å². The van der Waals surface area contributed by atoms with Gasteiger partial charge in [-0.15, -0.1) is 0 Å². The summed E-state index contributed by atoms with van der Waals surface area (Å²) in [4.78, 5) is 11.8. The SMILES string of the molecule is C.CC(C)(C)OC(=O)N[C@H]1CCc2c(C#N)cccc21.N#Cc1cccc2c1CC[C@@H]2N. The maximum atomic E-state index is 11.8. The zero-order chi connectivity index (χ0) is 22.6. The van der Waals surface area contributed by atoms with E-state index in [0.717, 1.165) is 53.5 Å². The monoisotopic (exact) mass is 432 g/mol. The molecule has 1 amide bonds. The second-order valence-electron chi connectivity index (χ2n) is 8.85. The smallest absolute Gasteiger partial charge is 0.408 e. The Balaban J connectivity index is 0.000000241. The summed E-state index contributed by atoms with van der Waals surface area (Å²) >= 11 is 0. The van der Waals surface area contributed by atoms with Crippen molar-refractivity contribution in [2.75, 3.05) is 0 Å². The molecule has 3 N–H and O–H groups in total. The number of hydrogen-bond acceptors (Lipinski definition) is 5. The molecule has 0 fully saturated rings. The Bertz CT molecular complexity index is 1060. The van der Waals surface area contributed by atoms with Crippen molar-refractivity contribution in [2.45, 2.75) is 71.6 Å². The number of nitrogens with two attached hydrogens (primary N) is 1. The third-order valence-corrected chi connectivity index (χ3v) is 5.52. The largest absolute Gasteiger partial charge is 0.444 e. The van der Waals surface area contributed by atoms with Gasteiger partial charge in [0.25, 0.3) is 0 Å². The first-order chi connectivity index (χ1) is 14.7. The minimum Gasteiger partial charge on any atom is -0.444 e. The lowest BCUT2D eigenvalue weighted by molar-refractivity contribution is 0.0503. The molecule has 0 heterocycles. The van der Waals surface area contributed by atoms with Gasteiger partial charge in [0.15, 0.2) is 0 Å². The van der Waals surface area contributed by atoms with E-state index in [1.807, 2.05) is 57.2 Å². The van der Waals surface area contributed by atoms with E-state index in [0.29, 0.717) is 5.56 Å². The van der Waals surface area contributed by atoms with Crippen LogP contribution >= 0.6 is 0 Å². The summed E-state index contributed by atoms with van der Waals surface area (Å²) in [5.41, 5.74) is 11.3. The number of amides is 1. The lowest BCUT2D eigenvalue weighted by Crippen LogP contribution is -2.34. The number of carbonyl (C=O) groups is 1. The highest BCUT2D eigenvalue weighted by Gasteiger charge is 2.27. The molecule has 0 saturated heterocycles. The predicted molar refractivity (Wildman–Crippen MR) is 125 cm³/mol. The van der Waals surface area contributed by atoms with Crippen molar-refractivity contribution in [3.8, 4) is 12.1 Å². The number of rotatable bonds is 1. The van der Waals surface area contributed by atoms with E-state index < -0.39 is 11.7 Å². The number of nitriles is 2. The number of ether oxygens (including phenoxy) is 1. The minimum absolute atomic E-state index is 0. The zero-order valence-corrected chi connectivity index (χ0v) is 18.2. The van der Waals surface area contributed by atoms with Crippen LogP contribution in [-0.4, -0.2) is 11.7 Å². The lowest BCUT2D eigenvalue weighted by Gasteiger charge is -2.22. The van der Waals surface area contributed by atoms with Gasteiger partial charge in [0.2, 0.25) is 0 Å². The number of nitrogens with one attached hydrogen (secondary N) is 1. The predicted octanol–water partition coefficient (Wildman–Crippen LogP) is 5.21. The maximum Gasteiger partial charge on any atom is 0.408 e. The van der Waals surface area contributed by atoms with Gasteiger partial charge in [-0.1, -0.05) is 31.7 Å². The summed E-state index contributed by atoms with van der Waals surface area (Å²) in [5, 5.41) is 20.7. The molecule has 2 aliphatic carbocycles. The van der Waals surface area contributed by atoms with Crippen molar-refractivity contribution in [3.05, 3.63) is 69.8 Å². The summed E-state index contributed by atoms with van der Waals surface area (Å²) in [6.45, 7) is 5.51. The lowest BCUT2D eigenvalue weighted by atomic mass is 10.0. The molecular weight excluding hydrogens is 400 g/mol. The van der Waals surface area contributed by atoms with E-state index >= 15 is 0 Å². The van der Waals surface area contributed by atoms with Crippen LogP contribution in [0.2, 0.25) is 0 Å². The van der Waals surface area contributed by atoms with E-state index in [1.165, 1.54) is 0 Å². The van der Waals surface area contributed by atoms with Crippen molar-refractivity contribution >= 4 is 6.09 Å². The van der Waals surface area contributed by atoms with Crippen LogP contribution < -0.4 is 11.1 Å². The van der Waals surface area contributed by atoms with Crippen molar-refractivity contribution in [1.29, 1.82) is 10.5 Å². The van der Waals surface area contributed by atoms with Gasteiger partial charge in [0, 0.05) is 6.04 Å². The molecule has 2 aromatic carbocycles. The van der Waals surface area contributed by atoms with Gasteiger partial charge >= 0.3 is 6.09 Å². The van der Waals surface area contributed by atoms with Crippen LogP contribution in [0.1, 0.15) is 86.5 Å². The third kappa shape index (κ3) is 5.66. The van der Waals surface area contributed by atoms with Crippen LogP contribution in [0.15, 0.2) is 36.4 Å². The Kier molecular flexibility index (Phi) is 8.02. The highest BCUT2D eigenvalue weighted by atomic mass is 16.6. The molecule has 0 aliphatic heterocycles. The van der Waals surface area contributed by atoms with E-state index in [-0.39, 0.29) is 19.5 Å². The van der Waals surface area contributed by atoms with Gasteiger partial charge in [-0.25, -0.2) is 4.79 Å². The van der Waals surface area contributed by atoms with Gasteiger partial charge in [0.1, 0.15) is 5.60 Å². The van der Waals surface area contributed by atoms with Crippen LogP contribution in [-0.2, 0) is 17.6 Å². The van der Waals surface area contributed by atoms with E-state index in [9.17, 15) is 4.79 Å². The summed E-state index contributed by atoms with van der Waals surface area (Å²) < 4.78 is 5.26. The third-order valence-electron chi connectivity index (χ3n) is 5.52. The van der Waals surface area contributed by atoms with Crippen molar-refractivity contribution in [3.63, 3.8) is 0 Å². The summed E-state index contributed by atoms with van der Waals surface area (Å²) in [6.07, 6.45) is 3.16. The van der Waals surface area contributed by atoms with Gasteiger partial charge < -0.3 is 15.8 Å². The van der Waals surface area contributed by atoms with E-state index in [1.54, 1.807) is 0 Å². The van der Waals surface area contributed by atoms with E-state index in [4.69, 9.17) is 21.0 Å². The first-order valence-electron chi connectivity index (χ1n) is 10.5. The number of benzene rings is 2. The van der Waals surface area contributed by atoms with Crippen LogP contribution in [0.3, 0.4) is 0 Å². The van der Waals surface area contributed by atoms with Crippen molar-refractivity contribution in [1.82, 2.24) is 5.32 Å². The Hall–Kier alpha value is -3.35. The molecule has 0 radical (unpaired) electrons. The highest BCUT2D eigenvalue weighted by molar-refractivity contribution is 5.69. The molecule has 6 heteroatoms. The average Bonchev–Trinajstić information content (AvgIpc) is 3.31. The van der Waals surface area contributed by atoms with Gasteiger partial charge in [-0.3, -0.25) is 0 Å². The molecule has 2 aliphatic rings. The number of hydrogen-bond donors (Lipinski definition) is 2. The van der Waals surface area contributed by atoms with E-state index in [2.05, 4.69) is 17.5 Å². The van der Waals surface area contributed by atoms with Gasteiger partial charge in [-0.2, -0.15) is 10.5 Å². The van der Waals surface area contributed by atoms with Gasteiger partial charge in [0.05, 0.1) is 29.3 Å². The van der Waals surface area contributed by atoms with Crippen molar-refractivity contribution < 1.29 is 9.53 Å². The summed E-state index contributed by atoms with van der Waals surface area (Å²) in [7, 11) is 0. The van der Waals surface area contributed by atoms with Crippen LogP contribution in [0, 0.1) is 22.7 Å². The highest BCUT2D eigenvalue weighted by Crippen LogP contribution is 2.33. The Morgan fingerprint density at radius 3 is 2.09 bits per heavy atom. The van der Waals surface area contributed by atoms with Crippen LogP contribution in [0.5, 0.6) is 0 Å². The Morgan fingerprint density at radius 1 is 1.00 bits per heavy atom. The first kappa shape index (κ1) is 24.9. The number of carbonyl (C=O) groups excluding carboxylic acids is 1. The first-order valence-corrected chi connectivity index (χ1v) is 10.5. The second-order valence-corrected chi connectivity index (χ2v) is 8.85. The number of fused-ring (bicyclic) bond motifs is 2. The maximum absolute atomic E-state index is 11.8. The fourth-order valence-electron chi connectivity index (χ4n) is 4.15. The molecule has 0 unspecified atom stereocenters. The normalized spacial score (nSPS) is 17.9. The minimum atomic E-state index is -0.500. The zero-order valence-electron chi connectivity index (χ0n) is 18.2. The molecule has 6 nitrogen and oxygen atoms in total. The standard InChI is InChI=1S/C15H18N2O2.C10H10N2.CH4/c1-15(2,3)19-14(18)17-13-8-7-11-10(9-16)5-4-6-12(11)13;11-6-7-2-1-3-9-8(7)4-5-10(9)12;/h4-6,13H,7-8H2,1-3H3,(H,17,18);1-3,10H,4-5,12H2;1H4/t13-;10-;/m00./s1. The molecule has 2 aromatic rings. The second kappa shape index (κ2) is 10.3. The molecule has 32 heavy (non-hydrogen) atoms. The molecule has 168 valence electrons. The Morgan fingerprint density at radius 2 is 1.53 bits per heavy atom. The molecule has 2 atom stereocenters. The Labute approximate surface area is 191 Å². The molecule has 0 bridgehead atoms.